The SMILES string of the molecule is Cc1ccc(C(N)=O)cc1C(=O)Nc1ccc2[nH]cnc2c1. The van der Waals surface area contributed by atoms with Crippen LogP contribution in [0.2, 0.25) is 0 Å². The topological polar surface area (TPSA) is 101 Å². The molecule has 2 aromatic carbocycles. The van der Waals surface area contributed by atoms with Gasteiger partial charge in [-0.1, -0.05) is 6.07 Å². The van der Waals surface area contributed by atoms with Crippen LogP contribution in [-0.2, 0) is 0 Å². The number of primary amides is 1. The quantitative estimate of drug-likeness (QED) is 0.690. The highest BCUT2D eigenvalue weighted by Gasteiger charge is 2.12. The number of hydrogen-bond donors (Lipinski definition) is 3. The molecule has 0 saturated heterocycles. The fraction of sp³-hybridized carbons (Fsp3) is 0.0625. The van der Waals surface area contributed by atoms with E-state index in [1.54, 1.807) is 37.5 Å². The van der Waals surface area contributed by atoms with Gasteiger partial charge in [0, 0.05) is 16.8 Å². The minimum atomic E-state index is -0.563. The Morgan fingerprint density at radius 1 is 1.18 bits per heavy atom. The van der Waals surface area contributed by atoms with Gasteiger partial charge in [0.25, 0.3) is 5.91 Å². The predicted octanol–water partition coefficient (Wildman–Crippen LogP) is 2.22. The highest BCUT2D eigenvalue weighted by molar-refractivity contribution is 6.07. The van der Waals surface area contributed by atoms with Gasteiger partial charge in [0.05, 0.1) is 17.4 Å². The Hall–Kier alpha value is -3.15. The molecule has 0 unspecified atom stereocenters. The van der Waals surface area contributed by atoms with Crippen molar-refractivity contribution in [3.8, 4) is 0 Å². The summed E-state index contributed by atoms with van der Waals surface area (Å²) in [6.45, 7) is 1.80. The number of H-pyrrole nitrogens is 1. The summed E-state index contributed by atoms with van der Waals surface area (Å²) in [6, 6.07) is 10.2. The van der Waals surface area contributed by atoms with Gasteiger partial charge < -0.3 is 16.0 Å². The molecule has 110 valence electrons. The molecule has 22 heavy (non-hydrogen) atoms. The number of carbonyl (C=O) groups is 2. The number of fused-ring (bicyclic) bond motifs is 1. The van der Waals surface area contributed by atoms with Crippen LogP contribution in [0, 0.1) is 6.92 Å². The number of imidazole rings is 1. The lowest BCUT2D eigenvalue weighted by Gasteiger charge is -2.09. The van der Waals surface area contributed by atoms with E-state index in [1.807, 2.05) is 6.07 Å². The number of aryl methyl sites for hydroxylation is 1. The third kappa shape index (κ3) is 2.54. The van der Waals surface area contributed by atoms with Gasteiger partial charge in [0.1, 0.15) is 0 Å². The molecule has 2 amide bonds. The second kappa shape index (κ2) is 5.33. The number of nitrogens with one attached hydrogen (secondary N) is 2. The number of rotatable bonds is 3. The molecule has 0 aliphatic rings. The summed E-state index contributed by atoms with van der Waals surface area (Å²) < 4.78 is 0. The van der Waals surface area contributed by atoms with Crippen molar-refractivity contribution in [1.29, 1.82) is 0 Å². The molecule has 0 saturated carbocycles. The van der Waals surface area contributed by atoms with E-state index in [1.165, 1.54) is 6.07 Å². The van der Waals surface area contributed by atoms with Gasteiger partial charge in [-0.3, -0.25) is 9.59 Å². The van der Waals surface area contributed by atoms with Crippen molar-refractivity contribution in [2.24, 2.45) is 5.73 Å². The summed E-state index contributed by atoms with van der Waals surface area (Å²) >= 11 is 0. The van der Waals surface area contributed by atoms with E-state index < -0.39 is 5.91 Å². The molecule has 0 aliphatic carbocycles. The summed E-state index contributed by atoms with van der Waals surface area (Å²) in [4.78, 5) is 30.8. The first kappa shape index (κ1) is 13.8. The summed E-state index contributed by atoms with van der Waals surface area (Å²) in [6.07, 6.45) is 1.59. The van der Waals surface area contributed by atoms with E-state index in [0.29, 0.717) is 16.8 Å². The highest BCUT2D eigenvalue weighted by atomic mass is 16.2. The molecule has 0 bridgehead atoms. The van der Waals surface area contributed by atoms with Gasteiger partial charge in [0.15, 0.2) is 0 Å². The molecule has 0 fully saturated rings. The van der Waals surface area contributed by atoms with Crippen molar-refractivity contribution in [2.45, 2.75) is 6.92 Å². The minimum absolute atomic E-state index is 0.296. The monoisotopic (exact) mass is 294 g/mol. The molecular weight excluding hydrogens is 280 g/mol. The third-order valence-electron chi connectivity index (χ3n) is 3.45. The Balaban J connectivity index is 1.90. The zero-order valence-electron chi connectivity index (χ0n) is 11.9. The molecule has 1 heterocycles. The largest absolute Gasteiger partial charge is 0.366 e. The van der Waals surface area contributed by atoms with Crippen LogP contribution in [0.5, 0.6) is 0 Å². The molecule has 0 aliphatic heterocycles. The Morgan fingerprint density at radius 2 is 2.00 bits per heavy atom. The fourth-order valence-corrected chi connectivity index (χ4v) is 2.23. The Bertz CT molecular complexity index is 883. The van der Waals surface area contributed by atoms with Crippen LogP contribution < -0.4 is 11.1 Å². The number of hydrogen-bond acceptors (Lipinski definition) is 3. The van der Waals surface area contributed by atoms with Gasteiger partial charge in [-0.05, 0) is 42.8 Å². The lowest BCUT2D eigenvalue weighted by Crippen LogP contribution is -2.16. The van der Waals surface area contributed by atoms with Crippen LogP contribution in [-0.4, -0.2) is 21.8 Å². The molecule has 0 atom stereocenters. The maximum atomic E-state index is 12.4. The number of aromatic nitrogens is 2. The third-order valence-corrected chi connectivity index (χ3v) is 3.45. The molecule has 1 aromatic heterocycles. The van der Waals surface area contributed by atoms with Crippen molar-refractivity contribution in [3.05, 3.63) is 59.4 Å². The van der Waals surface area contributed by atoms with Crippen LogP contribution in [0.25, 0.3) is 11.0 Å². The van der Waals surface area contributed by atoms with Crippen LogP contribution in [0.3, 0.4) is 0 Å². The number of amides is 2. The van der Waals surface area contributed by atoms with Gasteiger partial charge >= 0.3 is 0 Å². The van der Waals surface area contributed by atoms with E-state index in [9.17, 15) is 9.59 Å². The summed E-state index contributed by atoms with van der Waals surface area (Å²) in [5.74, 6) is -0.859. The van der Waals surface area contributed by atoms with Gasteiger partial charge in [-0.15, -0.1) is 0 Å². The molecule has 6 heteroatoms. The van der Waals surface area contributed by atoms with Gasteiger partial charge in [-0.2, -0.15) is 0 Å². The van der Waals surface area contributed by atoms with Crippen LogP contribution in [0.15, 0.2) is 42.7 Å². The molecule has 3 aromatic rings. The molecule has 4 N–H and O–H groups in total. The standard InChI is InChI=1S/C16H14N4O2/c1-9-2-3-10(15(17)21)6-12(9)16(22)20-11-4-5-13-14(7-11)19-8-18-13/h2-8H,1H3,(H2,17,21)(H,18,19)(H,20,22). The molecule has 3 rings (SSSR count). The first-order chi connectivity index (χ1) is 10.5. The van der Waals surface area contributed by atoms with Gasteiger partial charge in [0.2, 0.25) is 5.91 Å². The first-order valence-corrected chi connectivity index (χ1v) is 6.69. The van der Waals surface area contributed by atoms with Crippen molar-refractivity contribution < 1.29 is 9.59 Å². The van der Waals surface area contributed by atoms with E-state index in [-0.39, 0.29) is 5.91 Å². The zero-order valence-corrected chi connectivity index (χ0v) is 11.9. The van der Waals surface area contributed by atoms with E-state index in [0.717, 1.165) is 16.6 Å². The van der Waals surface area contributed by atoms with E-state index >= 15 is 0 Å². The number of carbonyl (C=O) groups excluding carboxylic acids is 2. The molecule has 0 spiro atoms. The predicted molar refractivity (Wildman–Crippen MR) is 83.7 cm³/mol. The minimum Gasteiger partial charge on any atom is -0.366 e. The average molecular weight is 294 g/mol. The van der Waals surface area contributed by atoms with Crippen molar-refractivity contribution in [2.75, 3.05) is 5.32 Å². The number of benzene rings is 2. The van der Waals surface area contributed by atoms with E-state index in [4.69, 9.17) is 5.73 Å². The Labute approximate surface area is 126 Å². The lowest BCUT2D eigenvalue weighted by molar-refractivity contribution is 0.1000. The Morgan fingerprint density at radius 3 is 2.77 bits per heavy atom. The second-order valence-electron chi connectivity index (χ2n) is 4.98. The van der Waals surface area contributed by atoms with Gasteiger partial charge in [-0.25, -0.2) is 4.98 Å². The lowest BCUT2D eigenvalue weighted by atomic mass is 10.0. The summed E-state index contributed by atoms with van der Waals surface area (Å²) in [7, 11) is 0. The smallest absolute Gasteiger partial charge is 0.255 e. The average Bonchev–Trinajstić information content (AvgIpc) is 2.94. The van der Waals surface area contributed by atoms with Crippen LogP contribution in [0.4, 0.5) is 5.69 Å². The van der Waals surface area contributed by atoms with Crippen LogP contribution >= 0.6 is 0 Å². The van der Waals surface area contributed by atoms with Crippen molar-refractivity contribution in [3.63, 3.8) is 0 Å². The van der Waals surface area contributed by atoms with Crippen molar-refractivity contribution in [1.82, 2.24) is 9.97 Å². The van der Waals surface area contributed by atoms with Crippen LogP contribution in [0.1, 0.15) is 26.3 Å². The maximum absolute atomic E-state index is 12.4. The first-order valence-electron chi connectivity index (χ1n) is 6.69. The maximum Gasteiger partial charge on any atom is 0.255 e. The van der Waals surface area contributed by atoms with E-state index in [2.05, 4.69) is 15.3 Å². The number of nitrogens with zero attached hydrogens (tertiary/aromatic N) is 1. The van der Waals surface area contributed by atoms with Crippen molar-refractivity contribution >= 4 is 28.5 Å². The number of aromatic amines is 1. The summed E-state index contributed by atoms with van der Waals surface area (Å²) in [5, 5.41) is 2.80. The summed E-state index contributed by atoms with van der Waals surface area (Å²) in [5.41, 5.74) is 9.03. The molecule has 0 radical (unpaired) electrons. The molecular formula is C16H14N4O2. The Kier molecular flexibility index (Phi) is 3.34. The molecule has 6 nitrogen and oxygen atoms in total. The second-order valence-corrected chi connectivity index (χ2v) is 4.98. The zero-order chi connectivity index (χ0) is 15.7. The normalized spacial score (nSPS) is 10.6. The number of anilines is 1. The highest BCUT2D eigenvalue weighted by Crippen LogP contribution is 2.18. The fourth-order valence-electron chi connectivity index (χ4n) is 2.23. The number of nitrogens with two attached hydrogens (primary N) is 1.